The summed E-state index contributed by atoms with van der Waals surface area (Å²) in [5.41, 5.74) is 1.91. The summed E-state index contributed by atoms with van der Waals surface area (Å²) in [6.45, 7) is 6.62. The van der Waals surface area contributed by atoms with Crippen molar-refractivity contribution in [1.29, 1.82) is 0 Å². The Labute approximate surface area is 193 Å². The molecule has 0 radical (unpaired) electrons. The predicted molar refractivity (Wildman–Crippen MR) is 127 cm³/mol. The molecule has 0 unspecified atom stereocenters. The predicted octanol–water partition coefficient (Wildman–Crippen LogP) is 5.42. The van der Waals surface area contributed by atoms with E-state index in [1.807, 2.05) is 44.2 Å². The largest absolute Gasteiger partial charge is 0.354 e. The average Bonchev–Trinajstić information content (AvgIpc) is 2.71. The second-order valence-electron chi connectivity index (χ2n) is 7.55. The Balaban J connectivity index is 2.10. The molecule has 2 aromatic carbocycles. The van der Waals surface area contributed by atoms with E-state index in [9.17, 15) is 9.59 Å². The van der Waals surface area contributed by atoms with Crippen molar-refractivity contribution in [3.8, 4) is 0 Å². The number of rotatable bonds is 10. The molecule has 1 N–H and O–H groups in total. The minimum Gasteiger partial charge on any atom is -0.354 e. The van der Waals surface area contributed by atoms with Gasteiger partial charge in [0.1, 0.15) is 6.04 Å². The molecule has 30 heavy (non-hydrogen) atoms. The van der Waals surface area contributed by atoms with Gasteiger partial charge in [-0.2, -0.15) is 0 Å². The van der Waals surface area contributed by atoms with Gasteiger partial charge in [-0.15, -0.1) is 11.8 Å². The lowest BCUT2D eigenvalue weighted by Gasteiger charge is -2.29. The lowest BCUT2D eigenvalue weighted by atomic mass is 10.1. The first-order valence-electron chi connectivity index (χ1n) is 9.90. The number of nitrogens with one attached hydrogen (secondary N) is 1. The summed E-state index contributed by atoms with van der Waals surface area (Å²) in [7, 11) is 0. The molecule has 0 bridgehead atoms. The van der Waals surface area contributed by atoms with Gasteiger partial charge < -0.3 is 10.2 Å². The monoisotopic (exact) mass is 466 g/mol. The highest BCUT2D eigenvalue weighted by Gasteiger charge is 2.26. The normalized spacial score (nSPS) is 11.9. The van der Waals surface area contributed by atoms with E-state index in [4.69, 9.17) is 23.2 Å². The molecule has 0 saturated carbocycles. The molecule has 2 aromatic rings. The Morgan fingerprint density at radius 2 is 1.77 bits per heavy atom. The van der Waals surface area contributed by atoms with Gasteiger partial charge in [-0.1, -0.05) is 73.4 Å². The molecular weight excluding hydrogens is 439 g/mol. The van der Waals surface area contributed by atoms with Crippen molar-refractivity contribution in [1.82, 2.24) is 10.2 Å². The lowest BCUT2D eigenvalue weighted by Crippen LogP contribution is -2.48. The van der Waals surface area contributed by atoms with E-state index < -0.39 is 6.04 Å². The highest BCUT2D eigenvalue weighted by Crippen LogP contribution is 2.24. The third-order valence-corrected chi connectivity index (χ3v) is 6.12. The fourth-order valence-electron chi connectivity index (χ4n) is 2.78. The molecule has 0 aliphatic carbocycles. The van der Waals surface area contributed by atoms with Gasteiger partial charge in [0.2, 0.25) is 11.8 Å². The van der Waals surface area contributed by atoms with Crippen molar-refractivity contribution in [2.45, 2.75) is 39.1 Å². The number of carbonyl (C=O) groups is 2. The zero-order valence-electron chi connectivity index (χ0n) is 17.5. The van der Waals surface area contributed by atoms with Gasteiger partial charge in [-0.05, 0) is 36.1 Å². The Hall–Kier alpha value is -1.69. The molecule has 4 nitrogen and oxygen atoms in total. The quantitative estimate of drug-likeness (QED) is 0.508. The summed E-state index contributed by atoms with van der Waals surface area (Å²) >= 11 is 13.8. The highest BCUT2D eigenvalue weighted by molar-refractivity contribution is 7.99. The van der Waals surface area contributed by atoms with E-state index in [2.05, 4.69) is 5.32 Å². The molecule has 0 fully saturated rings. The maximum Gasteiger partial charge on any atom is 0.242 e. The molecule has 0 saturated heterocycles. The van der Waals surface area contributed by atoms with Crippen LogP contribution in [0.2, 0.25) is 10.0 Å². The van der Waals surface area contributed by atoms with Gasteiger partial charge in [0.15, 0.2) is 0 Å². The van der Waals surface area contributed by atoms with Crippen LogP contribution in [0.25, 0.3) is 0 Å². The van der Waals surface area contributed by atoms with Gasteiger partial charge >= 0.3 is 0 Å². The maximum absolute atomic E-state index is 13.1. The molecule has 1 atom stereocenters. The number of carbonyl (C=O) groups excluding carboxylic acids is 2. The summed E-state index contributed by atoms with van der Waals surface area (Å²) < 4.78 is 0. The van der Waals surface area contributed by atoms with Crippen LogP contribution in [0, 0.1) is 5.92 Å². The number of amides is 2. The third kappa shape index (κ3) is 7.86. The Kier molecular flexibility index (Phi) is 10.0. The van der Waals surface area contributed by atoms with Crippen LogP contribution in [0.15, 0.2) is 48.5 Å². The molecule has 7 heteroatoms. The van der Waals surface area contributed by atoms with Crippen LogP contribution < -0.4 is 5.32 Å². The Bertz CT molecular complexity index is 846. The van der Waals surface area contributed by atoms with Crippen LogP contribution in [-0.4, -0.2) is 35.1 Å². The number of hydrogen-bond donors (Lipinski definition) is 1. The topological polar surface area (TPSA) is 49.4 Å². The highest BCUT2D eigenvalue weighted by atomic mass is 35.5. The fourth-order valence-corrected chi connectivity index (χ4v) is 4.12. The maximum atomic E-state index is 13.1. The molecule has 2 rings (SSSR count). The SMILES string of the molecule is CC(C)CNC(=O)[C@H](C)N(Cc1ccc(Cl)cc1Cl)C(=O)CSCc1ccccc1. The van der Waals surface area contributed by atoms with E-state index in [1.165, 1.54) is 11.8 Å². The minimum absolute atomic E-state index is 0.103. The molecule has 2 amide bonds. The number of thioether (sulfide) groups is 1. The molecule has 0 aliphatic heterocycles. The third-order valence-electron chi connectivity index (χ3n) is 4.54. The van der Waals surface area contributed by atoms with E-state index in [-0.39, 0.29) is 24.1 Å². The first-order chi connectivity index (χ1) is 14.3. The number of benzene rings is 2. The first-order valence-corrected chi connectivity index (χ1v) is 11.8. The number of halogens is 2. The molecular formula is C23H28Cl2N2O2S. The van der Waals surface area contributed by atoms with Crippen molar-refractivity contribution in [3.05, 3.63) is 69.7 Å². The van der Waals surface area contributed by atoms with Crippen molar-refractivity contribution in [2.24, 2.45) is 5.92 Å². The number of hydrogen-bond acceptors (Lipinski definition) is 3. The summed E-state index contributed by atoms with van der Waals surface area (Å²) in [6.07, 6.45) is 0. The molecule has 0 aromatic heterocycles. The van der Waals surface area contributed by atoms with Crippen molar-refractivity contribution < 1.29 is 9.59 Å². The smallest absolute Gasteiger partial charge is 0.242 e. The Morgan fingerprint density at radius 1 is 1.07 bits per heavy atom. The fraction of sp³-hybridized carbons (Fsp3) is 0.391. The van der Waals surface area contributed by atoms with Gasteiger partial charge in [0, 0.05) is 28.9 Å². The zero-order chi connectivity index (χ0) is 22.1. The van der Waals surface area contributed by atoms with Crippen LogP contribution in [0.1, 0.15) is 31.9 Å². The van der Waals surface area contributed by atoms with Crippen LogP contribution >= 0.6 is 35.0 Å². The van der Waals surface area contributed by atoms with Gasteiger partial charge in [-0.25, -0.2) is 0 Å². The van der Waals surface area contributed by atoms with Gasteiger partial charge in [-0.3, -0.25) is 9.59 Å². The van der Waals surface area contributed by atoms with Gasteiger partial charge in [0.05, 0.1) is 5.75 Å². The summed E-state index contributed by atoms with van der Waals surface area (Å²) in [5.74, 6) is 1.07. The summed E-state index contributed by atoms with van der Waals surface area (Å²) in [4.78, 5) is 27.3. The van der Waals surface area contributed by atoms with E-state index in [0.29, 0.717) is 22.5 Å². The van der Waals surface area contributed by atoms with Crippen molar-refractivity contribution in [2.75, 3.05) is 12.3 Å². The van der Waals surface area contributed by atoms with Crippen LogP contribution in [0.4, 0.5) is 0 Å². The van der Waals surface area contributed by atoms with E-state index in [1.54, 1.807) is 30.0 Å². The van der Waals surface area contributed by atoms with Crippen LogP contribution in [0.5, 0.6) is 0 Å². The van der Waals surface area contributed by atoms with E-state index >= 15 is 0 Å². The van der Waals surface area contributed by atoms with Gasteiger partial charge in [0.25, 0.3) is 0 Å². The number of nitrogens with zero attached hydrogens (tertiary/aromatic N) is 1. The molecule has 0 heterocycles. The second-order valence-corrected chi connectivity index (χ2v) is 9.38. The molecule has 162 valence electrons. The minimum atomic E-state index is -0.611. The van der Waals surface area contributed by atoms with Crippen molar-refractivity contribution >= 4 is 46.8 Å². The Morgan fingerprint density at radius 3 is 2.40 bits per heavy atom. The van der Waals surface area contributed by atoms with Crippen LogP contribution in [0.3, 0.4) is 0 Å². The second kappa shape index (κ2) is 12.2. The zero-order valence-corrected chi connectivity index (χ0v) is 19.9. The van der Waals surface area contributed by atoms with Crippen LogP contribution in [-0.2, 0) is 21.9 Å². The van der Waals surface area contributed by atoms with E-state index in [0.717, 1.165) is 16.9 Å². The standard InChI is InChI=1S/C23H28Cl2N2O2S/c1-16(2)12-26-23(29)17(3)27(13-19-9-10-20(24)11-21(19)25)22(28)15-30-14-18-7-5-4-6-8-18/h4-11,16-17H,12-15H2,1-3H3,(H,26,29)/t17-/m0/s1. The van der Waals surface area contributed by atoms with Crippen molar-refractivity contribution in [3.63, 3.8) is 0 Å². The summed E-state index contributed by atoms with van der Waals surface area (Å²) in [5, 5.41) is 3.92. The first kappa shape index (κ1) is 24.6. The molecule has 0 spiro atoms. The average molecular weight is 467 g/mol. The molecule has 0 aliphatic rings. The lowest BCUT2D eigenvalue weighted by molar-refractivity contribution is -0.138. The summed E-state index contributed by atoms with van der Waals surface area (Å²) in [6, 6.07) is 14.6.